The van der Waals surface area contributed by atoms with Crippen molar-refractivity contribution in [3.8, 4) is 5.69 Å². The molecule has 0 N–H and O–H groups in total. The molecule has 4 nitrogen and oxygen atoms in total. The van der Waals surface area contributed by atoms with Gasteiger partial charge in [0.05, 0.1) is 11.2 Å². The Hall–Kier alpha value is -3.14. The molecule has 0 saturated heterocycles. The van der Waals surface area contributed by atoms with Crippen LogP contribution < -0.4 is 11.0 Å². The van der Waals surface area contributed by atoms with Crippen molar-refractivity contribution in [1.29, 1.82) is 0 Å². The van der Waals surface area contributed by atoms with Gasteiger partial charge in [0.2, 0.25) is 0 Å². The van der Waals surface area contributed by atoms with Crippen molar-refractivity contribution in [2.75, 3.05) is 0 Å². The first-order chi connectivity index (χ1) is 12.7. The van der Waals surface area contributed by atoms with Crippen molar-refractivity contribution in [3.63, 3.8) is 0 Å². The minimum atomic E-state index is -0.236. The largest absolute Gasteiger partial charge is 0.347 e. The van der Waals surface area contributed by atoms with Crippen molar-refractivity contribution < 1.29 is 0 Å². The third-order valence-corrected chi connectivity index (χ3v) is 5.51. The normalized spacial score (nSPS) is 15.0. The molecular formula is C22H18N2O2. The van der Waals surface area contributed by atoms with Gasteiger partial charge >= 0.3 is 0 Å². The van der Waals surface area contributed by atoms with Crippen molar-refractivity contribution in [2.45, 2.75) is 19.3 Å². The molecule has 0 saturated carbocycles. The minimum Gasteiger partial charge on any atom is -0.347 e. The van der Waals surface area contributed by atoms with Gasteiger partial charge in [0.15, 0.2) is 5.43 Å². The highest BCUT2D eigenvalue weighted by Crippen LogP contribution is 2.28. The highest BCUT2D eigenvalue weighted by molar-refractivity contribution is 5.87. The van der Waals surface area contributed by atoms with E-state index >= 15 is 0 Å². The highest BCUT2D eigenvalue weighted by Gasteiger charge is 2.24. The molecule has 0 bridgehead atoms. The summed E-state index contributed by atoms with van der Waals surface area (Å²) >= 11 is 0. The molecule has 0 spiro atoms. The molecule has 0 aliphatic heterocycles. The van der Waals surface area contributed by atoms with Crippen LogP contribution in [0.1, 0.15) is 23.4 Å². The molecule has 26 heavy (non-hydrogen) atoms. The number of hydrogen-bond acceptors (Lipinski definition) is 2. The number of benzene rings is 1. The molecule has 1 aromatic carbocycles. The lowest BCUT2D eigenvalue weighted by Crippen LogP contribution is -2.29. The summed E-state index contributed by atoms with van der Waals surface area (Å²) in [6, 6.07) is 11.5. The molecule has 128 valence electrons. The van der Waals surface area contributed by atoms with Gasteiger partial charge in [-0.05, 0) is 43.0 Å². The second kappa shape index (κ2) is 5.43. The smallest absolute Gasteiger partial charge is 0.268 e. The Morgan fingerprint density at radius 3 is 2.50 bits per heavy atom. The number of rotatable bonds is 2. The Labute approximate surface area is 150 Å². The topological polar surface area (TPSA) is 44.0 Å². The van der Waals surface area contributed by atoms with E-state index in [9.17, 15) is 9.59 Å². The Balaban J connectivity index is 1.97. The number of fused-ring (bicyclic) bond motifs is 2. The van der Waals surface area contributed by atoms with Gasteiger partial charge in [-0.15, -0.1) is 0 Å². The Kier molecular flexibility index (Phi) is 3.16. The molecule has 2 aliphatic rings. The van der Waals surface area contributed by atoms with Gasteiger partial charge in [-0.25, -0.2) is 0 Å². The van der Waals surface area contributed by atoms with Gasteiger partial charge in [0.25, 0.3) is 5.56 Å². The first-order valence-corrected chi connectivity index (χ1v) is 8.91. The van der Waals surface area contributed by atoms with Crippen LogP contribution in [0.25, 0.3) is 22.2 Å². The fraction of sp³-hybridized carbons (Fsp3) is 0.182. The molecule has 5 rings (SSSR count). The molecule has 0 atom stereocenters. The van der Waals surface area contributed by atoms with E-state index in [4.69, 9.17) is 0 Å². The molecule has 0 unspecified atom stereocenters. The number of para-hydroxylation sites is 1. The second-order valence-electron chi connectivity index (χ2n) is 6.91. The number of aromatic nitrogens is 2. The monoisotopic (exact) mass is 342 g/mol. The SMILES string of the molecule is Cn1c2c(c(=O)c3c(=O)n(-c4ccccc4)c(C4=CC=C4)cc31)CCC2. The Bertz CT molecular complexity index is 1240. The van der Waals surface area contributed by atoms with E-state index in [1.807, 2.05) is 66.2 Å². The minimum absolute atomic E-state index is 0.0926. The lowest BCUT2D eigenvalue weighted by Gasteiger charge is -2.19. The third-order valence-electron chi connectivity index (χ3n) is 5.51. The molecule has 4 heteroatoms. The van der Waals surface area contributed by atoms with Crippen molar-refractivity contribution >= 4 is 16.5 Å². The quantitative estimate of drug-likeness (QED) is 0.718. The van der Waals surface area contributed by atoms with E-state index in [0.717, 1.165) is 53.0 Å². The van der Waals surface area contributed by atoms with Gasteiger partial charge < -0.3 is 4.57 Å². The van der Waals surface area contributed by atoms with Crippen LogP contribution in [0, 0.1) is 0 Å². The van der Waals surface area contributed by atoms with Gasteiger partial charge in [0.1, 0.15) is 5.39 Å². The number of allylic oxidation sites excluding steroid dienone is 4. The summed E-state index contributed by atoms with van der Waals surface area (Å²) in [7, 11) is 1.97. The number of hydrogen-bond donors (Lipinski definition) is 0. The lowest BCUT2D eigenvalue weighted by molar-refractivity contribution is 0.827. The fourth-order valence-corrected chi connectivity index (χ4v) is 4.12. The van der Waals surface area contributed by atoms with E-state index in [1.165, 1.54) is 0 Å². The number of nitrogens with zero attached hydrogens (tertiary/aromatic N) is 2. The zero-order chi connectivity index (χ0) is 17.8. The van der Waals surface area contributed by atoms with Crippen LogP contribution in [0.15, 0.2) is 64.2 Å². The zero-order valence-corrected chi connectivity index (χ0v) is 14.5. The maximum Gasteiger partial charge on any atom is 0.268 e. The first-order valence-electron chi connectivity index (χ1n) is 8.91. The van der Waals surface area contributed by atoms with Gasteiger partial charge in [-0.1, -0.05) is 36.4 Å². The summed E-state index contributed by atoms with van der Waals surface area (Å²) in [6.07, 6.45) is 8.58. The summed E-state index contributed by atoms with van der Waals surface area (Å²) in [5.74, 6) is 0. The maximum atomic E-state index is 13.5. The van der Waals surface area contributed by atoms with E-state index in [2.05, 4.69) is 0 Å². The maximum absolute atomic E-state index is 13.5. The van der Waals surface area contributed by atoms with Crippen LogP contribution in [0.4, 0.5) is 0 Å². The Morgan fingerprint density at radius 2 is 1.81 bits per heavy atom. The van der Waals surface area contributed by atoms with Crippen LogP contribution in [0.5, 0.6) is 0 Å². The Morgan fingerprint density at radius 1 is 1.04 bits per heavy atom. The molecule has 3 aromatic rings. The molecule has 2 aromatic heterocycles. The summed E-state index contributed by atoms with van der Waals surface area (Å²) in [5, 5.41) is 0.296. The molecule has 2 heterocycles. The summed E-state index contributed by atoms with van der Waals surface area (Å²) in [6.45, 7) is 0. The summed E-state index contributed by atoms with van der Waals surface area (Å²) in [5.41, 5.74) is 4.88. The highest BCUT2D eigenvalue weighted by atomic mass is 16.1. The summed E-state index contributed by atoms with van der Waals surface area (Å²) in [4.78, 5) is 26.6. The number of aryl methyl sites for hydroxylation is 1. The van der Waals surface area contributed by atoms with E-state index in [0.29, 0.717) is 5.39 Å². The molecule has 0 fully saturated rings. The predicted octanol–water partition coefficient (Wildman–Crippen LogP) is 3.13. The summed E-state index contributed by atoms with van der Waals surface area (Å²) < 4.78 is 3.71. The van der Waals surface area contributed by atoms with Crippen LogP contribution >= 0.6 is 0 Å². The van der Waals surface area contributed by atoms with E-state index in [-0.39, 0.29) is 11.0 Å². The molecule has 2 aliphatic carbocycles. The van der Waals surface area contributed by atoms with Crippen molar-refractivity contribution in [3.05, 3.63) is 92.2 Å². The lowest BCUT2D eigenvalue weighted by atomic mass is 10.0. The van der Waals surface area contributed by atoms with Crippen LogP contribution in [-0.2, 0) is 19.9 Å². The van der Waals surface area contributed by atoms with Crippen molar-refractivity contribution in [2.24, 2.45) is 7.05 Å². The van der Waals surface area contributed by atoms with Crippen LogP contribution in [0.2, 0.25) is 0 Å². The zero-order valence-electron chi connectivity index (χ0n) is 14.5. The molecule has 0 amide bonds. The van der Waals surface area contributed by atoms with Gasteiger partial charge in [0, 0.05) is 24.0 Å². The van der Waals surface area contributed by atoms with E-state index in [1.54, 1.807) is 4.57 Å². The predicted molar refractivity (Wildman–Crippen MR) is 104 cm³/mol. The van der Waals surface area contributed by atoms with Crippen LogP contribution in [-0.4, -0.2) is 9.13 Å². The average molecular weight is 342 g/mol. The first kappa shape index (κ1) is 15.1. The van der Waals surface area contributed by atoms with Crippen LogP contribution in [0.3, 0.4) is 0 Å². The standard InChI is InChI=1S/C22H18N2O2/c1-23-17-12-6-11-16(17)21(25)20-19(23)13-18(14-7-5-8-14)24(22(20)26)15-9-3-2-4-10-15/h2-5,7-10,13H,6,11-12H2,1H3. The van der Waals surface area contributed by atoms with Gasteiger partial charge in [-0.3, -0.25) is 14.2 Å². The van der Waals surface area contributed by atoms with Crippen molar-refractivity contribution in [1.82, 2.24) is 9.13 Å². The average Bonchev–Trinajstić information content (AvgIpc) is 3.09. The molecular weight excluding hydrogens is 324 g/mol. The molecule has 0 radical (unpaired) electrons. The second-order valence-corrected chi connectivity index (χ2v) is 6.91. The fourth-order valence-electron chi connectivity index (χ4n) is 4.12. The van der Waals surface area contributed by atoms with Gasteiger partial charge in [-0.2, -0.15) is 0 Å². The third kappa shape index (κ3) is 1.96. The van der Waals surface area contributed by atoms with E-state index < -0.39 is 0 Å². The number of pyridine rings is 2.